The summed E-state index contributed by atoms with van der Waals surface area (Å²) in [5.74, 6) is 0.192. The van der Waals surface area contributed by atoms with Gasteiger partial charge in [-0.2, -0.15) is 5.26 Å². The molecular formula is C11H9ClN2. The third kappa shape index (κ3) is 1.87. The first-order valence-electron chi connectivity index (χ1n) is 4.21. The van der Waals surface area contributed by atoms with Crippen LogP contribution < -0.4 is 0 Å². The Kier molecular flexibility index (Phi) is 3.12. The zero-order chi connectivity index (χ0) is 10.7. The van der Waals surface area contributed by atoms with Gasteiger partial charge < -0.3 is 0 Å². The molecule has 2 nitrogen and oxygen atoms in total. The number of nitriles is 1. The maximum absolute atomic E-state index is 8.90. The first-order valence-corrected chi connectivity index (χ1v) is 4.59. The highest BCUT2D eigenvalue weighted by atomic mass is 35.5. The number of hydrogen-bond donors (Lipinski definition) is 0. The first kappa shape index (κ1) is 10.6. The fraction of sp³-hybridized carbons (Fsp3) is 0.273. The van der Waals surface area contributed by atoms with E-state index in [4.69, 9.17) is 23.4 Å². The van der Waals surface area contributed by atoms with Gasteiger partial charge in [0.15, 0.2) is 5.69 Å². The zero-order valence-electron chi connectivity index (χ0n) is 8.00. The van der Waals surface area contributed by atoms with Crippen LogP contribution in [0, 0.1) is 17.9 Å². The molecule has 0 radical (unpaired) electrons. The van der Waals surface area contributed by atoms with E-state index in [0.29, 0.717) is 16.3 Å². The predicted octanol–water partition coefficient (Wildman–Crippen LogP) is 3.89. The molecular weight excluding hydrogens is 196 g/mol. The molecule has 0 heterocycles. The Morgan fingerprint density at radius 3 is 2.57 bits per heavy atom. The number of rotatable bonds is 1. The summed E-state index contributed by atoms with van der Waals surface area (Å²) in [4.78, 5) is 3.25. The van der Waals surface area contributed by atoms with E-state index in [1.54, 1.807) is 12.1 Å². The summed E-state index contributed by atoms with van der Waals surface area (Å²) in [5, 5.41) is 9.40. The van der Waals surface area contributed by atoms with E-state index in [0.717, 1.165) is 5.56 Å². The summed E-state index contributed by atoms with van der Waals surface area (Å²) in [6.45, 7) is 10.8. The topological polar surface area (TPSA) is 28.1 Å². The lowest BCUT2D eigenvalue weighted by Crippen LogP contribution is -1.93. The molecule has 0 unspecified atom stereocenters. The molecule has 0 spiro atoms. The van der Waals surface area contributed by atoms with Crippen LogP contribution in [0.4, 0.5) is 5.69 Å². The normalized spacial score (nSPS) is 9.57. The van der Waals surface area contributed by atoms with E-state index in [-0.39, 0.29) is 5.92 Å². The van der Waals surface area contributed by atoms with Crippen molar-refractivity contribution in [1.29, 1.82) is 5.26 Å². The Hall–Kier alpha value is -1.51. The van der Waals surface area contributed by atoms with Crippen molar-refractivity contribution in [2.45, 2.75) is 19.8 Å². The second-order valence-corrected chi connectivity index (χ2v) is 3.67. The number of hydrogen-bond acceptors (Lipinski definition) is 1. The van der Waals surface area contributed by atoms with Gasteiger partial charge in [-0.25, -0.2) is 4.85 Å². The second-order valence-electron chi connectivity index (χ2n) is 3.27. The Morgan fingerprint density at radius 1 is 1.50 bits per heavy atom. The zero-order valence-corrected chi connectivity index (χ0v) is 8.76. The second kappa shape index (κ2) is 4.13. The van der Waals surface area contributed by atoms with Gasteiger partial charge in [-0.05, 0) is 23.6 Å². The monoisotopic (exact) mass is 204 g/mol. The van der Waals surface area contributed by atoms with E-state index in [1.807, 2.05) is 13.8 Å². The van der Waals surface area contributed by atoms with Crippen molar-refractivity contribution in [3.05, 3.63) is 39.7 Å². The van der Waals surface area contributed by atoms with Gasteiger partial charge in [0.05, 0.1) is 12.6 Å². The van der Waals surface area contributed by atoms with E-state index < -0.39 is 0 Å². The van der Waals surface area contributed by atoms with Gasteiger partial charge in [0.2, 0.25) is 0 Å². The van der Waals surface area contributed by atoms with E-state index >= 15 is 0 Å². The Balaban J connectivity index is 3.46. The summed E-state index contributed by atoms with van der Waals surface area (Å²) in [6.07, 6.45) is 0. The molecule has 0 bridgehead atoms. The molecule has 0 aliphatic heterocycles. The van der Waals surface area contributed by atoms with Crippen LogP contribution in [0.25, 0.3) is 4.85 Å². The van der Waals surface area contributed by atoms with Crippen LogP contribution in [0.5, 0.6) is 0 Å². The molecule has 0 N–H and O–H groups in total. The van der Waals surface area contributed by atoms with Gasteiger partial charge in [0, 0.05) is 10.6 Å². The van der Waals surface area contributed by atoms with Gasteiger partial charge >= 0.3 is 0 Å². The minimum Gasteiger partial charge on any atom is -0.238 e. The minimum atomic E-state index is 0.192. The summed E-state index contributed by atoms with van der Waals surface area (Å²) < 4.78 is 0. The lowest BCUT2D eigenvalue weighted by Gasteiger charge is -2.10. The van der Waals surface area contributed by atoms with Crippen LogP contribution in [0.3, 0.4) is 0 Å². The Labute approximate surface area is 88.6 Å². The van der Waals surface area contributed by atoms with Crippen LogP contribution in [-0.2, 0) is 0 Å². The molecule has 0 saturated heterocycles. The number of benzene rings is 1. The van der Waals surface area contributed by atoms with Gasteiger partial charge in [0.25, 0.3) is 0 Å². The molecule has 0 aliphatic carbocycles. The summed E-state index contributed by atoms with van der Waals surface area (Å²) in [6, 6.07) is 5.24. The molecule has 3 heteroatoms. The minimum absolute atomic E-state index is 0.192. The standard InChI is InChI=1S/C11H9ClN2/c1-7(2)11-8(6-13)4-9(14-3)5-10(11)12/h4-5,7H,1-2H3. The molecule has 0 amide bonds. The van der Waals surface area contributed by atoms with Crippen molar-refractivity contribution in [2.75, 3.05) is 0 Å². The highest BCUT2D eigenvalue weighted by Gasteiger charge is 2.12. The van der Waals surface area contributed by atoms with Crippen molar-refractivity contribution < 1.29 is 0 Å². The average Bonchev–Trinajstić information content (AvgIpc) is 2.15. The van der Waals surface area contributed by atoms with Crippen molar-refractivity contribution in [2.24, 2.45) is 0 Å². The molecule has 0 aliphatic rings. The van der Waals surface area contributed by atoms with Crippen molar-refractivity contribution >= 4 is 17.3 Å². The van der Waals surface area contributed by atoms with E-state index in [9.17, 15) is 0 Å². The molecule has 70 valence electrons. The fourth-order valence-electron chi connectivity index (χ4n) is 1.35. The third-order valence-corrected chi connectivity index (χ3v) is 2.25. The summed E-state index contributed by atoms with van der Waals surface area (Å²) >= 11 is 5.99. The third-order valence-electron chi connectivity index (χ3n) is 1.94. The van der Waals surface area contributed by atoms with Gasteiger partial charge in [-0.3, -0.25) is 0 Å². The van der Waals surface area contributed by atoms with Gasteiger partial charge in [-0.15, -0.1) is 0 Å². The first-order chi connectivity index (χ1) is 6.60. The Morgan fingerprint density at radius 2 is 2.14 bits per heavy atom. The Bertz CT molecular complexity index is 436. The van der Waals surface area contributed by atoms with Crippen molar-refractivity contribution in [3.63, 3.8) is 0 Å². The molecule has 0 saturated carbocycles. The molecule has 0 fully saturated rings. The van der Waals surface area contributed by atoms with Crippen LogP contribution >= 0.6 is 11.6 Å². The SMILES string of the molecule is [C-]#[N+]c1cc(Cl)c(C(C)C)c(C#N)c1. The highest BCUT2D eigenvalue weighted by molar-refractivity contribution is 6.31. The molecule has 1 aromatic rings. The van der Waals surface area contributed by atoms with E-state index in [1.165, 1.54) is 0 Å². The fourth-order valence-corrected chi connectivity index (χ4v) is 1.78. The van der Waals surface area contributed by atoms with Crippen molar-refractivity contribution in [1.82, 2.24) is 0 Å². The smallest absolute Gasteiger partial charge is 0.190 e. The van der Waals surface area contributed by atoms with Gasteiger partial charge in [-0.1, -0.05) is 25.4 Å². The quantitative estimate of drug-likeness (QED) is 0.638. The number of nitrogens with zero attached hydrogens (tertiary/aromatic N) is 2. The molecule has 0 atom stereocenters. The van der Waals surface area contributed by atoms with Crippen LogP contribution in [0.15, 0.2) is 12.1 Å². The van der Waals surface area contributed by atoms with Gasteiger partial charge in [0.1, 0.15) is 0 Å². The van der Waals surface area contributed by atoms with Crippen LogP contribution in [0.1, 0.15) is 30.9 Å². The van der Waals surface area contributed by atoms with Crippen LogP contribution in [0.2, 0.25) is 5.02 Å². The maximum atomic E-state index is 8.90. The summed E-state index contributed by atoms with van der Waals surface area (Å²) in [5.41, 5.74) is 1.73. The molecule has 14 heavy (non-hydrogen) atoms. The molecule has 0 aromatic heterocycles. The molecule has 1 aromatic carbocycles. The lowest BCUT2D eigenvalue weighted by molar-refractivity contribution is 0.863. The van der Waals surface area contributed by atoms with Crippen LogP contribution in [-0.4, -0.2) is 0 Å². The summed E-state index contributed by atoms with van der Waals surface area (Å²) in [7, 11) is 0. The van der Waals surface area contributed by atoms with Crippen molar-refractivity contribution in [3.8, 4) is 6.07 Å². The van der Waals surface area contributed by atoms with E-state index in [2.05, 4.69) is 10.9 Å². The lowest BCUT2D eigenvalue weighted by atomic mass is 9.97. The average molecular weight is 205 g/mol. The predicted molar refractivity (Wildman–Crippen MR) is 56.5 cm³/mol. The molecule has 1 rings (SSSR count). The maximum Gasteiger partial charge on any atom is 0.190 e. The highest BCUT2D eigenvalue weighted by Crippen LogP contribution is 2.31. The largest absolute Gasteiger partial charge is 0.238 e. The number of halogens is 1.